The zero-order valence-electron chi connectivity index (χ0n) is 29.8. The normalized spacial score (nSPS) is 11.6. The summed E-state index contributed by atoms with van der Waals surface area (Å²) >= 11 is 3.77. The summed E-state index contributed by atoms with van der Waals surface area (Å²) in [6.07, 6.45) is 0. The van der Waals surface area contributed by atoms with Crippen LogP contribution in [0.4, 0.5) is 17.1 Å². The first-order valence-corrected chi connectivity index (χ1v) is 20.3. The zero-order valence-corrected chi connectivity index (χ0v) is 31.4. The van der Waals surface area contributed by atoms with Gasteiger partial charge >= 0.3 is 0 Å². The third kappa shape index (κ3) is 5.43. The Balaban J connectivity index is 1.18. The van der Waals surface area contributed by atoms with Gasteiger partial charge in [-0.3, -0.25) is 0 Å². The molecule has 0 radical (unpaired) electrons. The molecular weight excluding hydrogens is 703 g/mol. The second-order valence-corrected chi connectivity index (χ2v) is 16.2. The van der Waals surface area contributed by atoms with Gasteiger partial charge in [-0.25, -0.2) is 0 Å². The smallest absolute Gasteiger partial charge is 0.0646 e. The van der Waals surface area contributed by atoms with Crippen molar-refractivity contribution in [1.82, 2.24) is 0 Å². The van der Waals surface area contributed by atoms with E-state index < -0.39 is 0 Å². The standard InChI is InChI=1S/C52H33NS2/c1-3-13-34(14-4-1)38-31-47-46-23-12-22-43(36-15-5-2-6-16-36)51(46)55-52(47)48(32-38)53(40-29-30-45-44-20-9-10-24-49(44)54-50(45)33-40)39-27-25-37(26-28-39)42-21-11-18-35-17-7-8-19-41(35)42/h1-33H. The molecule has 0 saturated heterocycles. The van der Waals surface area contributed by atoms with Gasteiger partial charge in [-0.05, 0) is 86.6 Å². The quantitative estimate of drug-likeness (QED) is 0.164. The third-order valence-corrected chi connectivity index (χ3v) is 13.3. The lowest BCUT2D eigenvalue weighted by molar-refractivity contribution is 1.31. The fraction of sp³-hybridized carbons (Fsp3) is 0. The molecule has 0 N–H and O–H groups in total. The molecule has 0 saturated carbocycles. The SMILES string of the molecule is c1ccc(-c2cc(N(c3ccc(-c4cccc5ccccc45)cc3)c3ccc4c(c3)sc3ccccc34)c3sc4c(-c5ccccc5)cccc4c3c2)cc1. The minimum atomic E-state index is 1.12. The van der Waals surface area contributed by atoms with Crippen molar-refractivity contribution in [2.45, 2.75) is 0 Å². The second kappa shape index (κ2) is 13.1. The summed E-state index contributed by atoms with van der Waals surface area (Å²) in [4.78, 5) is 2.49. The van der Waals surface area contributed by atoms with Crippen molar-refractivity contribution < 1.29 is 0 Å². The van der Waals surface area contributed by atoms with Gasteiger partial charge in [0, 0.05) is 47.0 Å². The molecule has 11 aromatic rings. The van der Waals surface area contributed by atoms with E-state index in [-0.39, 0.29) is 0 Å². The minimum absolute atomic E-state index is 1.12. The first kappa shape index (κ1) is 32.0. The predicted octanol–water partition coefficient (Wildman–Crippen LogP) is 16.0. The largest absolute Gasteiger partial charge is 0.309 e. The molecule has 0 aliphatic carbocycles. The Morgan fingerprint density at radius 2 is 0.927 bits per heavy atom. The lowest BCUT2D eigenvalue weighted by atomic mass is 9.97. The van der Waals surface area contributed by atoms with Crippen LogP contribution < -0.4 is 4.90 Å². The number of fused-ring (bicyclic) bond motifs is 7. The first-order chi connectivity index (χ1) is 27.3. The summed E-state index contributed by atoms with van der Waals surface area (Å²) in [6.45, 7) is 0. The van der Waals surface area contributed by atoms with E-state index in [2.05, 4.69) is 205 Å². The average Bonchev–Trinajstić information content (AvgIpc) is 3.83. The van der Waals surface area contributed by atoms with E-state index in [4.69, 9.17) is 0 Å². The Hall–Kier alpha value is -6.52. The summed E-state index contributed by atoms with van der Waals surface area (Å²) < 4.78 is 5.18. The molecule has 11 rings (SSSR count). The average molecular weight is 736 g/mol. The number of hydrogen-bond donors (Lipinski definition) is 0. The molecule has 0 fully saturated rings. The van der Waals surface area contributed by atoms with Crippen LogP contribution in [0.2, 0.25) is 0 Å². The van der Waals surface area contributed by atoms with Crippen molar-refractivity contribution >= 4 is 90.9 Å². The lowest BCUT2D eigenvalue weighted by Gasteiger charge is -2.27. The number of rotatable bonds is 6. The topological polar surface area (TPSA) is 3.24 Å². The van der Waals surface area contributed by atoms with E-state index in [9.17, 15) is 0 Å². The highest BCUT2D eigenvalue weighted by molar-refractivity contribution is 7.27. The van der Waals surface area contributed by atoms with Crippen molar-refractivity contribution in [2.75, 3.05) is 4.90 Å². The van der Waals surface area contributed by atoms with Crippen LogP contribution in [0.3, 0.4) is 0 Å². The van der Waals surface area contributed by atoms with Gasteiger partial charge in [-0.1, -0.05) is 158 Å². The maximum atomic E-state index is 2.49. The summed E-state index contributed by atoms with van der Waals surface area (Å²) in [6, 6.07) is 73.4. The molecule has 0 unspecified atom stereocenters. The van der Waals surface area contributed by atoms with Gasteiger partial charge in [0.05, 0.1) is 10.4 Å². The molecule has 0 aliphatic heterocycles. The predicted molar refractivity (Wildman–Crippen MR) is 241 cm³/mol. The highest BCUT2D eigenvalue weighted by Gasteiger charge is 2.22. The molecule has 55 heavy (non-hydrogen) atoms. The van der Waals surface area contributed by atoms with Gasteiger partial charge in [-0.15, -0.1) is 22.7 Å². The highest BCUT2D eigenvalue weighted by atomic mass is 32.1. The van der Waals surface area contributed by atoms with Gasteiger partial charge in [0.1, 0.15) is 0 Å². The van der Waals surface area contributed by atoms with Crippen molar-refractivity contribution in [3.8, 4) is 33.4 Å². The molecular formula is C52H33NS2. The first-order valence-electron chi connectivity index (χ1n) is 18.7. The Labute approximate surface area is 327 Å². The van der Waals surface area contributed by atoms with E-state index in [1.807, 2.05) is 22.7 Å². The van der Waals surface area contributed by atoms with Gasteiger partial charge < -0.3 is 4.90 Å². The Kier molecular flexibility index (Phi) is 7.61. The molecule has 258 valence electrons. The number of anilines is 3. The van der Waals surface area contributed by atoms with Crippen LogP contribution in [0.15, 0.2) is 200 Å². The van der Waals surface area contributed by atoms with Gasteiger partial charge in [-0.2, -0.15) is 0 Å². The summed E-state index contributed by atoms with van der Waals surface area (Å²) in [5.41, 5.74) is 10.8. The number of nitrogens with zero attached hydrogens (tertiary/aromatic N) is 1. The molecule has 0 bridgehead atoms. The maximum absolute atomic E-state index is 2.49. The molecule has 0 spiro atoms. The molecule has 1 nitrogen and oxygen atoms in total. The van der Waals surface area contributed by atoms with Crippen LogP contribution in [-0.2, 0) is 0 Å². The highest BCUT2D eigenvalue weighted by Crippen LogP contribution is 2.50. The van der Waals surface area contributed by atoms with E-state index in [0.717, 1.165) is 11.4 Å². The lowest BCUT2D eigenvalue weighted by Crippen LogP contribution is -2.10. The molecule has 9 aromatic carbocycles. The van der Waals surface area contributed by atoms with E-state index in [1.165, 1.54) is 90.2 Å². The molecule has 0 amide bonds. The van der Waals surface area contributed by atoms with Crippen molar-refractivity contribution in [2.24, 2.45) is 0 Å². The number of benzene rings is 9. The molecule has 3 heteroatoms. The number of hydrogen-bond acceptors (Lipinski definition) is 3. The van der Waals surface area contributed by atoms with Crippen molar-refractivity contribution in [1.29, 1.82) is 0 Å². The number of thiophene rings is 2. The minimum Gasteiger partial charge on any atom is -0.309 e. The van der Waals surface area contributed by atoms with Gasteiger partial charge in [0.15, 0.2) is 0 Å². The fourth-order valence-electron chi connectivity index (χ4n) is 8.24. The van der Waals surface area contributed by atoms with Crippen molar-refractivity contribution in [3.05, 3.63) is 200 Å². The second-order valence-electron chi connectivity index (χ2n) is 14.1. The summed E-state index contributed by atoms with van der Waals surface area (Å²) in [5, 5.41) is 7.68. The van der Waals surface area contributed by atoms with Crippen LogP contribution in [0.25, 0.3) is 84.5 Å². The zero-order chi connectivity index (χ0) is 36.3. The third-order valence-electron chi connectivity index (χ3n) is 10.9. The van der Waals surface area contributed by atoms with Crippen LogP contribution >= 0.6 is 22.7 Å². The molecule has 0 aliphatic rings. The fourth-order valence-corrected chi connectivity index (χ4v) is 10.7. The molecule has 2 heterocycles. The van der Waals surface area contributed by atoms with Crippen molar-refractivity contribution in [3.63, 3.8) is 0 Å². The molecule has 2 aromatic heterocycles. The Morgan fingerprint density at radius 3 is 1.76 bits per heavy atom. The van der Waals surface area contributed by atoms with E-state index >= 15 is 0 Å². The Morgan fingerprint density at radius 1 is 0.309 bits per heavy atom. The van der Waals surface area contributed by atoms with Crippen LogP contribution in [0.1, 0.15) is 0 Å². The molecule has 0 atom stereocenters. The van der Waals surface area contributed by atoms with Crippen LogP contribution in [0.5, 0.6) is 0 Å². The van der Waals surface area contributed by atoms with Crippen LogP contribution in [-0.4, -0.2) is 0 Å². The Bertz CT molecular complexity index is 3190. The summed E-state index contributed by atoms with van der Waals surface area (Å²) in [5.74, 6) is 0. The van der Waals surface area contributed by atoms with Crippen LogP contribution in [0, 0.1) is 0 Å². The van der Waals surface area contributed by atoms with Gasteiger partial charge in [0.2, 0.25) is 0 Å². The maximum Gasteiger partial charge on any atom is 0.0646 e. The van der Waals surface area contributed by atoms with E-state index in [0.29, 0.717) is 0 Å². The van der Waals surface area contributed by atoms with E-state index in [1.54, 1.807) is 0 Å². The monoisotopic (exact) mass is 735 g/mol. The van der Waals surface area contributed by atoms with Gasteiger partial charge in [0.25, 0.3) is 0 Å². The summed E-state index contributed by atoms with van der Waals surface area (Å²) in [7, 11) is 0.